The van der Waals surface area contributed by atoms with Crippen LogP contribution >= 0.6 is 22.7 Å². The molecule has 0 aromatic carbocycles. The van der Waals surface area contributed by atoms with Crippen molar-refractivity contribution in [1.82, 2.24) is 0 Å². The standard InChI is InChI=1S/C14H15N3O2S2/c1-2-19-14(18)12-11(16)10(8-15)13(21-12)17-6-5-9-4-3-7-20-9/h3-4,7,17H,2,5-6,16H2,1H3. The Labute approximate surface area is 131 Å². The van der Waals surface area contributed by atoms with Crippen LogP contribution in [0.1, 0.15) is 27.0 Å². The SMILES string of the molecule is CCOC(=O)c1sc(NCCc2cccs2)c(C#N)c1N. The first-order chi connectivity index (χ1) is 10.2. The third-order valence-corrected chi connectivity index (χ3v) is 4.83. The number of hydrogen-bond acceptors (Lipinski definition) is 7. The third-order valence-electron chi connectivity index (χ3n) is 2.75. The van der Waals surface area contributed by atoms with Gasteiger partial charge in [-0.2, -0.15) is 5.26 Å². The number of nitrogens with two attached hydrogens (primary N) is 1. The van der Waals surface area contributed by atoms with Crippen molar-refractivity contribution >= 4 is 39.3 Å². The summed E-state index contributed by atoms with van der Waals surface area (Å²) in [7, 11) is 0. The lowest BCUT2D eigenvalue weighted by molar-refractivity contribution is 0.0533. The first kappa shape index (κ1) is 15.4. The van der Waals surface area contributed by atoms with E-state index < -0.39 is 5.97 Å². The molecule has 0 bridgehead atoms. The molecule has 0 unspecified atom stereocenters. The van der Waals surface area contributed by atoms with Gasteiger partial charge in [-0.15, -0.1) is 22.7 Å². The molecule has 7 heteroatoms. The van der Waals surface area contributed by atoms with E-state index in [2.05, 4.69) is 11.4 Å². The maximum Gasteiger partial charge on any atom is 0.350 e. The quantitative estimate of drug-likeness (QED) is 0.798. The minimum absolute atomic E-state index is 0.194. The fourth-order valence-electron chi connectivity index (χ4n) is 1.78. The van der Waals surface area contributed by atoms with Gasteiger partial charge in [-0.25, -0.2) is 4.79 Å². The summed E-state index contributed by atoms with van der Waals surface area (Å²) < 4.78 is 4.94. The van der Waals surface area contributed by atoms with Gasteiger partial charge in [0.15, 0.2) is 0 Å². The van der Waals surface area contributed by atoms with Crippen molar-refractivity contribution in [2.75, 3.05) is 24.2 Å². The summed E-state index contributed by atoms with van der Waals surface area (Å²) in [5.41, 5.74) is 6.37. The number of hydrogen-bond donors (Lipinski definition) is 2. The minimum atomic E-state index is -0.484. The van der Waals surface area contributed by atoms with E-state index in [-0.39, 0.29) is 17.2 Å². The molecule has 21 heavy (non-hydrogen) atoms. The Morgan fingerprint density at radius 2 is 2.38 bits per heavy atom. The zero-order valence-electron chi connectivity index (χ0n) is 11.5. The molecule has 2 aromatic rings. The minimum Gasteiger partial charge on any atom is -0.462 e. The zero-order chi connectivity index (χ0) is 15.2. The first-order valence-corrected chi connectivity index (χ1v) is 8.12. The molecular weight excluding hydrogens is 306 g/mol. The van der Waals surface area contributed by atoms with Crippen LogP contribution in [0.3, 0.4) is 0 Å². The van der Waals surface area contributed by atoms with Gasteiger partial charge >= 0.3 is 5.97 Å². The summed E-state index contributed by atoms with van der Waals surface area (Å²) >= 11 is 2.85. The van der Waals surface area contributed by atoms with E-state index in [0.29, 0.717) is 17.1 Å². The highest BCUT2D eigenvalue weighted by molar-refractivity contribution is 7.18. The van der Waals surface area contributed by atoms with Gasteiger partial charge in [0.1, 0.15) is 21.5 Å². The predicted octanol–water partition coefficient (Wildman–Crippen LogP) is 3.09. The van der Waals surface area contributed by atoms with Crippen molar-refractivity contribution in [3.8, 4) is 6.07 Å². The molecule has 0 saturated carbocycles. The van der Waals surface area contributed by atoms with Crippen LogP contribution in [-0.2, 0) is 11.2 Å². The lowest BCUT2D eigenvalue weighted by atomic mass is 10.2. The Bertz CT molecular complexity index is 657. The number of nitriles is 1. The van der Waals surface area contributed by atoms with Gasteiger partial charge in [-0.05, 0) is 24.8 Å². The number of carbonyl (C=O) groups excluding carboxylic acids is 1. The molecule has 5 nitrogen and oxygen atoms in total. The summed E-state index contributed by atoms with van der Waals surface area (Å²) in [6.45, 7) is 2.68. The van der Waals surface area contributed by atoms with Crippen molar-refractivity contribution in [3.63, 3.8) is 0 Å². The second kappa shape index (κ2) is 7.11. The monoisotopic (exact) mass is 321 g/mol. The van der Waals surface area contributed by atoms with E-state index >= 15 is 0 Å². The third kappa shape index (κ3) is 3.54. The molecule has 0 aliphatic rings. The van der Waals surface area contributed by atoms with Gasteiger partial charge in [-0.3, -0.25) is 0 Å². The number of nitrogen functional groups attached to an aromatic ring is 1. The fourth-order valence-corrected chi connectivity index (χ4v) is 3.48. The highest BCUT2D eigenvalue weighted by Crippen LogP contribution is 2.35. The van der Waals surface area contributed by atoms with E-state index in [1.54, 1.807) is 18.3 Å². The summed E-state index contributed by atoms with van der Waals surface area (Å²) in [5.74, 6) is -0.484. The molecule has 0 spiro atoms. The molecule has 0 atom stereocenters. The molecule has 2 heterocycles. The number of nitrogens with zero attached hydrogens (tertiary/aromatic N) is 1. The number of carbonyl (C=O) groups is 1. The van der Waals surface area contributed by atoms with Gasteiger partial charge in [0, 0.05) is 11.4 Å². The number of nitrogens with one attached hydrogen (secondary N) is 1. The molecule has 0 saturated heterocycles. The van der Waals surface area contributed by atoms with E-state index in [9.17, 15) is 10.1 Å². The van der Waals surface area contributed by atoms with E-state index in [1.165, 1.54) is 16.2 Å². The van der Waals surface area contributed by atoms with Crippen LogP contribution in [0, 0.1) is 11.3 Å². The van der Waals surface area contributed by atoms with E-state index in [4.69, 9.17) is 10.5 Å². The Morgan fingerprint density at radius 3 is 3.00 bits per heavy atom. The lowest BCUT2D eigenvalue weighted by Crippen LogP contribution is -2.05. The van der Waals surface area contributed by atoms with Crippen molar-refractivity contribution < 1.29 is 9.53 Å². The van der Waals surface area contributed by atoms with Gasteiger partial charge in [-0.1, -0.05) is 6.07 Å². The molecule has 0 amide bonds. The van der Waals surface area contributed by atoms with Crippen LogP contribution in [0.4, 0.5) is 10.7 Å². The van der Waals surface area contributed by atoms with Crippen LogP contribution in [0.25, 0.3) is 0 Å². The molecule has 2 rings (SSSR count). The van der Waals surface area contributed by atoms with Crippen LogP contribution < -0.4 is 11.1 Å². The normalized spacial score (nSPS) is 10.1. The molecule has 110 valence electrons. The predicted molar refractivity (Wildman–Crippen MR) is 85.9 cm³/mol. The number of thiophene rings is 2. The average Bonchev–Trinajstić information content (AvgIpc) is 3.07. The number of rotatable bonds is 6. The Hall–Kier alpha value is -2.04. The second-order valence-electron chi connectivity index (χ2n) is 4.14. The van der Waals surface area contributed by atoms with Crippen LogP contribution in [0.2, 0.25) is 0 Å². The maximum absolute atomic E-state index is 11.8. The molecule has 0 aliphatic carbocycles. The fraction of sp³-hybridized carbons (Fsp3) is 0.286. The second-order valence-corrected chi connectivity index (χ2v) is 6.19. The highest BCUT2D eigenvalue weighted by atomic mass is 32.1. The maximum atomic E-state index is 11.8. The summed E-state index contributed by atoms with van der Waals surface area (Å²) in [6.07, 6.45) is 0.856. The molecule has 0 aliphatic heterocycles. The van der Waals surface area contributed by atoms with Crippen molar-refractivity contribution in [1.29, 1.82) is 5.26 Å². The molecule has 0 fully saturated rings. The Balaban J connectivity index is 2.10. The highest BCUT2D eigenvalue weighted by Gasteiger charge is 2.21. The zero-order valence-corrected chi connectivity index (χ0v) is 13.1. The molecule has 2 aromatic heterocycles. The first-order valence-electron chi connectivity index (χ1n) is 6.43. The Kier molecular flexibility index (Phi) is 5.20. The lowest BCUT2D eigenvalue weighted by Gasteiger charge is -2.02. The molecular formula is C14H15N3O2S2. The molecule has 3 N–H and O–H groups in total. The van der Waals surface area contributed by atoms with Gasteiger partial charge < -0.3 is 15.8 Å². The van der Waals surface area contributed by atoms with Crippen molar-refractivity contribution in [2.24, 2.45) is 0 Å². The van der Waals surface area contributed by atoms with E-state index in [0.717, 1.165) is 6.42 Å². The van der Waals surface area contributed by atoms with Gasteiger partial charge in [0.05, 0.1) is 12.3 Å². The van der Waals surface area contributed by atoms with Crippen molar-refractivity contribution in [2.45, 2.75) is 13.3 Å². The van der Waals surface area contributed by atoms with Crippen LogP contribution in [0.15, 0.2) is 17.5 Å². The average molecular weight is 321 g/mol. The van der Waals surface area contributed by atoms with Crippen molar-refractivity contribution in [3.05, 3.63) is 32.8 Å². The van der Waals surface area contributed by atoms with Crippen LogP contribution in [0.5, 0.6) is 0 Å². The largest absolute Gasteiger partial charge is 0.462 e. The Morgan fingerprint density at radius 1 is 1.57 bits per heavy atom. The number of anilines is 2. The topological polar surface area (TPSA) is 88.1 Å². The van der Waals surface area contributed by atoms with Crippen LogP contribution in [-0.4, -0.2) is 19.1 Å². The smallest absolute Gasteiger partial charge is 0.350 e. The summed E-state index contributed by atoms with van der Waals surface area (Å²) in [5, 5.41) is 15.0. The number of esters is 1. The summed E-state index contributed by atoms with van der Waals surface area (Å²) in [6, 6.07) is 6.11. The number of ether oxygens (including phenoxy) is 1. The van der Waals surface area contributed by atoms with E-state index in [1.807, 2.05) is 17.5 Å². The van der Waals surface area contributed by atoms with Gasteiger partial charge in [0.25, 0.3) is 0 Å². The van der Waals surface area contributed by atoms with Gasteiger partial charge in [0.2, 0.25) is 0 Å². The molecule has 0 radical (unpaired) electrons. The summed E-state index contributed by atoms with van der Waals surface area (Å²) in [4.78, 5) is 13.3.